The summed E-state index contributed by atoms with van der Waals surface area (Å²) in [7, 11) is 0. The van der Waals surface area contributed by atoms with E-state index in [2.05, 4.69) is 46.5 Å². The fourth-order valence-electron chi connectivity index (χ4n) is 3.87. The zero-order valence-corrected chi connectivity index (χ0v) is 21.7. The van der Waals surface area contributed by atoms with Gasteiger partial charge in [0.2, 0.25) is 5.91 Å². The molecule has 4 rings (SSSR count). The summed E-state index contributed by atoms with van der Waals surface area (Å²) in [6, 6.07) is 11.4. The molecule has 1 amide bonds. The molecule has 9 nitrogen and oxygen atoms in total. The van der Waals surface area contributed by atoms with E-state index in [1.165, 1.54) is 11.8 Å². The van der Waals surface area contributed by atoms with Crippen molar-refractivity contribution in [3.63, 3.8) is 0 Å². The molecule has 0 saturated carbocycles. The lowest BCUT2D eigenvalue weighted by molar-refractivity contribution is -0.115. The van der Waals surface area contributed by atoms with Gasteiger partial charge in [0.1, 0.15) is 17.5 Å². The first-order valence-electron chi connectivity index (χ1n) is 11.8. The normalized spacial score (nSPS) is 18.1. The Balaban J connectivity index is 1.60. The molecule has 1 aliphatic heterocycles. The quantitative estimate of drug-likeness (QED) is 0.347. The molecule has 1 saturated heterocycles. The molecule has 10 heteroatoms. The Labute approximate surface area is 210 Å². The van der Waals surface area contributed by atoms with Crippen molar-refractivity contribution >= 4 is 40.8 Å². The molecule has 2 aromatic heterocycles. The highest BCUT2D eigenvalue weighted by Crippen LogP contribution is 2.40. The summed E-state index contributed by atoms with van der Waals surface area (Å²) in [6.07, 6.45) is 1.11. The molecule has 0 aliphatic carbocycles. The highest BCUT2D eigenvalue weighted by molar-refractivity contribution is 7.99. The van der Waals surface area contributed by atoms with Gasteiger partial charge in [-0.15, -0.1) is 0 Å². The number of nitrogens with one attached hydrogen (secondary N) is 3. The standard InChI is InChI=1S/C25H33N7O2S/c1-6-22(33)26-17-7-9-18(10-8-17)35-23-28-19(27-20-13-16(2)30-31-20)14-21(29-23)32-12-11-25(34,15-32)24(3,4)5/h7-10,13-14,34H,6,11-12,15H2,1-5H3,(H,26,33)(H2,27,28,29,30,31). The molecule has 0 bridgehead atoms. The number of hydrogen-bond acceptors (Lipinski definition) is 8. The van der Waals surface area contributed by atoms with E-state index in [0.717, 1.165) is 27.9 Å². The Morgan fingerprint density at radius 3 is 2.57 bits per heavy atom. The Kier molecular flexibility index (Phi) is 7.05. The number of aliphatic hydroxyl groups is 1. The van der Waals surface area contributed by atoms with Gasteiger partial charge in [0.05, 0.1) is 11.3 Å². The number of aromatic amines is 1. The fraction of sp³-hybridized carbons (Fsp3) is 0.440. The van der Waals surface area contributed by atoms with Gasteiger partial charge in [-0.05, 0) is 54.8 Å². The monoisotopic (exact) mass is 495 g/mol. The predicted molar refractivity (Wildman–Crippen MR) is 139 cm³/mol. The summed E-state index contributed by atoms with van der Waals surface area (Å²) in [5, 5.41) is 25.1. The van der Waals surface area contributed by atoms with Crippen LogP contribution in [0.5, 0.6) is 0 Å². The van der Waals surface area contributed by atoms with Gasteiger partial charge in [-0.1, -0.05) is 27.7 Å². The number of amides is 1. The van der Waals surface area contributed by atoms with Crippen LogP contribution in [0.2, 0.25) is 0 Å². The minimum atomic E-state index is -0.794. The second kappa shape index (κ2) is 9.87. The SMILES string of the molecule is CCC(=O)Nc1ccc(Sc2nc(Nc3cc(C)n[nH]3)cc(N3CCC(O)(C(C)(C)C)C3)n2)cc1. The van der Waals surface area contributed by atoms with Crippen LogP contribution in [-0.2, 0) is 4.79 Å². The van der Waals surface area contributed by atoms with Crippen LogP contribution in [0, 0.1) is 12.3 Å². The van der Waals surface area contributed by atoms with Gasteiger partial charge in [0.25, 0.3) is 0 Å². The summed E-state index contributed by atoms with van der Waals surface area (Å²) in [5.74, 6) is 2.12. The average Bonchev–Trinajstić information content (AvgIpc) is 3.41. The number of aryl methyl sites for hydroxylation is 1. The first kappa shape index (κ1) is 25.0. The van der Waals surface area contributed by atoms with Crippen LogP contribution in [-0.4, -0.2) is 49.9 Å². The Hall–Kier alpha value is -3.11. The Morgan fingerprint density at radius 2 is 1.97 bits per heavy atom. The molecule has 1 aliphatic rings. The molecule has 4 N–H and O–H groups in total. The van der Waals surface area contributed by atoms with Gasteiger partial charge in [-0.2, -0.15) is 5.10 Å². The van der Waals surface area contributed by atoms with Crippen LogP contribution in [0.4, 0.5) is 23.1 Å². The number of rotatable bonds is 7. The lowest BCUT2D eigenvalue weighted by atomic mass is 9.76. The predicted octanol–water partition coefficient (Wildman–Crippen LogP) is 4.74. The van der Waals surface area contributed by atoms with Crippen molar-refractivity contribution in [1.29, 1.82) is 0 Å². The summed E-state index contributed by atoms with van der Waals surface area (Å²) < 4.78 is 0. The van der Waals surface area contributed by atoms with Gasteiger partial charge in [0, 0.05) is 42.2 Å². The second-order valence-electron chi connectivity index (χ2n) is 9.92. The number of β-amino-alcohol motifs (C(OH)–C–C–N with tert-alkyl or cyclic N) is 1. The summed E-state index contributed by atoms with van der Waals surface area (Å²) in [6.45, 7) is 11.2. The lowest BCUT2D eigenvalue weighted by Gasteiger charge is -2.36. The number of aromatic nitrogens is 4. The maximum Gasteiger partial charge on any atom is 0.224 e. The topological polar surface area (TPSA) is 119 Å². The molecule has 1 unspecified atom stereocenters. The van der Waals surface area contributed by atoms with Crippen LogP contribution in [0.15, 0.2) is 46.5 Å². The molecule has 1 aromatic carbocycles. The molecule has 186 valence electrons. The van der Waals surface area contributed by atoms with E-state index >= 15 is 0 Å². The Morgan fingerprint density at radius 1 is 1.23 bits per heavy atom. The summed E-state index contributed by atoms with van der Waals surface area (Å²) >= 11 is 1.44. The summed E-state index contributed by atoms with van der Waals surface area (Å²) in [4.78, 5) is 24.2. The van der Waals surface area contributed by atoms with Gasteiger partial charge in [0.15, 0.2) is 5.16 Å². The molecule has 3 aromatic rings. The third-order valence-corrected chi connectivity index (χ3v) is 7.17. The zero-order chi connectivity index (χ0) is 25.2. The molecular weight excluding hydrogens is 462 g/mol. The fourth-order valence-corrected chi connectivity index (χ4v) is 4.64. The van der Waals surface area contributed by atoms with E-state index in [1.807, 2.05) is 50.2 Å². The van der Waals surface area contributed by atoms with Crippen molar-refractivity contribution in [2.75, 3.05) is 28.6 Å². The first-order valence-corrected chi connectivity index (χ1v) is 12.6. The van der Waals surface area contributed by atoms with E-state index in [4.69, 9.17) is 9.97 Å². The van der Waals surface area contributed by atoms with Crippen LogP contribution in [0.25, 0.3) is 0 Å². The van der Waals surface area contributed by atoms with E-state index < -0.39 is 5.60 Å². The van der Waals surface area contributed by atoms with Crippen molar-refractivity contribution < 1.29 is 9.90 Å². The average molecular weight is 496 g/mol. The van der Waals surface area contributed by atoms with E-state index in [-0.39, 0.29) is 11.3 Å². The van der Waals surface area contributed by atoms with Crippen molar-refractivity contribution in [2.24, 2.45) is 5.41 Å². The first-order chi connectivity index (χ1) is 16.5. The molecule has 35 heavy (non-hydrogen) atoms. The molecule has 0 spiro atoms. The van der Waals surface area contributed by atoms with Crippen molar-refractivity contribution in [3.05, 3.63) is 42.1 Å². The van der Waals surface area contributed by atoms with Crippen molar-refractivity contribution in [2.45, 2.75) is 63.1 Å². The van der Waals surface area contributed by atoms with Gasteiger partial charge in [-0.3, -0.25) is 9.89 Å². The van der Waals surface area contributed by atoms with Gasteiger partial charge >= 0.3 is 0 Å². The molecular formula is C25H33N7O2S. The third kappa shape index (κ3) is 5.94. The van der Waals surface area contributed by atoms with E-state index in [1.54, 1.807) is 0 Å². The van der Waals surface area contributed by atoms with E-state index in [0.29, 0.717) is 36.9 Å². The van der Waals surface area contributed by atoms with Crippen molar-refractivity contribution in [1.82, 2.24) is 20.2 Å². The number of carbonyl (C=O) groups excluding carboxylic acids is 1. The molecule has 1 atom stereocenters. The van der Waals surface area contributed by atoms with Crippen LogP contribution >= 0.6 is 11.8 Å². The number of hydrogen-bond donors (Lipinski definition) is 4. The molecule has 0 radical (unpaired) electrons. The Bertz CT molecular complexity index is 1190. The van der Waals surface area contributed by atoms with Crippen molar-refractivity contribution in [3.8, 4) is 0 Å². The van der Waals surface area contributed by atoms with Crippen LogP contribution < -0.4 is 15.5 Å². The van der Waals surface area contributed by atoms with E-state index in [9.17, 15) is 9.90 Å². The minimum Gasteiger partial charge on any atom is -0.387 e. The molecule has 1 fully saturated rings. The van der Waals surface area contributed by atoms with Gasteiger partial charge in [-0.25, -0.2) is 9.97 Å². The summed E-state index contributed by atoms with van der Waals surface area (Å²) in [5.41, 5.74) is 0.598. The molecule has 3 heterocycles. The maximum atomic E-state index is 11.6. The third-order valence-electron chi connectivity index (χ3n) is 6.30. The maximum absolute atomic E-state index is 11.6. The highest BCUT2D eigenvalue weighted by Gasteiger charge is 2.45. The van der Waals surface area contributed by atoms with Crippen LogP contribution in [0.3, 0.4) is 0 Å². The number of carbonyl (C=O) groups is 1. The van der Waals surface area contributed by atoms with Crippen LogP contribution in [0.1, 0.15) is 46.2 Å². The lowest BCUT2D eigenvalue weighted by Crippen LogP contribution is -2.45. The zero-order valence-electron chi connectivity index (χ0n) is 20.8. The number of anilines is 4. The largest absolute Gasteiger partial charge is 0.387 e. The highest BCUT2D eigenvalue weighted by atomic mass is 32.2. The van der Waals surface area contributed by atoms with Gasteiger partial charge < -0.3 is 20.6 Å². The number of benzene rings is 1. The second-order valence-corrected chi connectivity index (χ2v) is 11.0. The number of nitrogens with zero attached hydrogens (tertiary/aromatic N) is 4. The number of H-pyrrole nitrogens is 1. The minimum absolute atomic E-state index is 0.0213. The smallest absolute Gasteiger partial charge is 0.224 e.